The quantitative estimate of drug-likeness (QED) is 0.849. The molecule has 1 aromatic heterocycles. The predicted octanol–water partition coefficient (Wildman–Crippen LogP) is 0.888. The van der Waals surface area contributed by atoms with Crippen LogP contribution in [0.25, 0.3) is 0 Å². The molecule has 2 N–H and O–H groups in total. The fraction of sp³-hybridized carbons (Fsp3) is 0.182. The first kappa shape index (κ1) is 11.1. The van der Waals surface area contributed by atoms with Gasteiger partial charge in [-0.2, -0.15) is 0 Å². The van der Waals surface area contributed by atoms with Crippen molar-refractivity contribution in [1.82, 2.24) is 14.8 Å². The molecule has 0 aliphatic rings. The van der Waals surface area contributed by atoms with Crippen LogP contribution in [0.4, 0.5) is 5.95 Å². The highest BCUT2D eigenvalue weighted by atomic mass is 16.5. The van der Waals surface area contributed by atoms with E-state index in [0.29, 0.717) is 5.75 Å². The molecule has 0 atom stereocenters. The maximum Gasteiger partial charge on any atom is 0.272 e. The molecule has 17 heavy (non-hydrogen) atoms. The van der Waals surface area contributed by atoms with Crippen molar-refractivity contribution in [3.05, 3.63) is 36.2 Å². The first-order valence-electron chi connectivity index (χ1n) is 5.05. The first-order chi connectivity index (χ1) is 8.16. The molecule has 6 nitrogen and oxygen atoms in total. The van der Waals surface area contributed by atoms with E-state index in [1.165, 1.54) is 6.33 Å². The predicted molar refractivity (Wildman–Crippen MR) is 61.7 cm³/mol. The molecule has 6 heteroatoms. The van der Waals surface area contributed by atoms with Gasteiger partial charge in [-0.05, 0) is 19.1 Å². The van der Waals surface area contributed by atoms with Gasteiger partial charge in [0.05, 0.1) is 0 Å². The maximum atomic E-state index is 11.6. The van der Waals surface area contributed by atoms with Crippen molar-refractivity contribution in [2.45, 2.75) is 6.92 Å². The van der Waals surface area contributed by atoms with E-state index in [-0.39, 0.29) is 18.5 Å². The van der Waals surface area contributed by atoms with Crippen LogP contribution in [0, 0.1) is 6.92 Å². The minimum Gasteiger partial charge on any atom is -0.484 e. The molecule has 0 aliphatic heterocycles. The Balaban J connectivity index is 1.97. The average Bonchev–Trinajstić information content (AvgIpc) is 2.74. The molecule has 0 spiro atoms. The molecule has 0 fully saturated rings. The van der Waals surface area contributed by atoms with Gasteiger partial charge in [-0.1, -0.05) is 17.7 Å². The van der Waals surface area contributed by atoms with E-state index in [2.05, 4.69) is 10.2 Å². The summed E-state index contributed by atoms with van der Waals surface area (Å²) in [5, 5.41) is 7.04. The summed E-state index contributed by atoms with van der Waals surface area (Å²) >= 11 is 0. The average molecular weight is 232 g/mol. The number of nitrogens with zero attached hydrogens (tertiary/aromatic N) is 3. The van der Waals surface area contributed by atoms with Crippen molar-refractivity contribution in [3.63, 3.8) is 0 Å². The Morgan fingerprint density at radius 3 is 2.71 bits per heavy atom. The SMILES string of the molecule is Cc1ccc(OCC(=O)n2cnnc2N)cc1. The van der Waals surface area contributed by atoms with Crippen molar-refractivity contribution in [1.29, 1.82) is 0 Å². The third kappa shape index (κ3) is 2.60. The number of aryl methyl sites for hydroxylation is 1. The lowest BCUT2D eigenvalue weighted by molar-refractivity contribution is 0.0840. The highest BCUT2D eigenvalue weighted by Gasteiger charge is 2.09. The van der Waals surface area contributed by atoms with Crippen molar-refractivity contribution in [3.8, 4) is 5.75 Å². The maximum absolute atomic E-state index is 11.6. The summed E-state index contributed by atoms with van der Waals surface area (Å²) in [5.74, 6) is 0.381. The van der Waals surface area contributed by atoms with Gasteiger partial charge in [0.15, 0.2) is 6.61 Å². The molecule has 0 radical (unpaired) electrons. The summed E-state index contributed by atoms with van der Waals surface area (Å²) in [6.07, 6.45) is 1.26. The standard InChI is InChI=1S/C11H12N4O2/c1-8-2-4-9(5-3-8)17-6-10(16)15-7-13-14-11(15)12/h2-5,7H,6H2,1H3,(H2,12,14). The largest absolute Gasteiger partial charge is 0.484 e. The van der Waals surface area contributed by atoms with Crippen LogP contribution >= 0.6 is 0 Å². The summed E-state index contributed by atoms with van der Waals surface area (Å²) in [6.45, 7) is 1.87. The fourth-order valence-corrected chi connectivity index (χ4v) is 1.29. The Bertz CT molecular complexity index is 519. The van der Waals surface area contributed by atoms with E-state index in [0.717, 1.165) is 10.1 Å². The van der Waals surface area contributed by atoms with Gasteiger partial charge in [0, 0.05) is 0 Å². The molecule has 1 heterocycles. The Morgan fingerprint density at radius 2 is 2.12 bits per heavy atom. The number of aromatic nitrogens is 3. The van der Waals surface area contributed by atoms with Gasteiger partial charge >= 0.3 is 0 Å². The highest BCUT2D eigenvalue weighted by Crippen LogP contribution is 2.11. The van der Waals surface area contributed by atoms with Gasteiger partial charge in [0.2, 0.25) is 5.95 Å². The second-order valence-corrected chi connectivity index (χ2v) is 3.55. The third-order valence-corrected chi connectivity index (χ3v) is 2.23. The number of nitrogens with two attached hydrogens (primary N) is 1. The van der Waals surface area contributed by atoms with E-state index in [1.54, 1.807) is 12.1 Å². The Kier molecular flexibility index (Phi) is 3.04. The van der Waals surface area contributed by atoms with Gasteiger partial charge in [-0.15, -0.1) is 10.2 Å². The molecule has 88 valence electrons. The fourth-order valence-electron chi connectivity index (χ4n) is 1.29. The van der Waals surface area contributed by atoms with Crippen LogP contribution in [0.5, 0.6) is 5.75 Å². The second kappa shape index (κ2) is 4.65. The molecule has 2 aromatic rings. The van der Waals surface area contributed by atoms with Crippen molar-refractivity contribution in [2.24, 2.45) is 0 Å². The van der Waals surface area contributed by atoms with Crippen LogP contribution in [-0.2, 0) is 0 Å². The van der Waals surface area contributed by atoms with Crippen molar-refractivity contribution in [2.75, 3.05) is 12.3 Å². The molecule has 0 unspecified atom stereocenters. The molecule has 2 rings (SSSR count). The Morgan fingerprint density at radius 1 is 1.41 bits per heavy atom. The number of hydrogen-bond acceptors (Lipinski definition) is 5. The molecule has 0 saturated carbocycles. The van der Waals surface area contributed by atoms with Gasteiger partial charge in [0.25, 0.3) is 5.91 Å². The lowest BCUT2D eigenvalue weighted by Crippen LogP contribution is -2.20. The first-order valence-corrected chi connectivity index (χ1v) is 5.05. The van der Waals surface area contributed by atoms with Gasteiger partial charge in [-0.3, -0.25) is 4.79 Å². The topological polar surface area (TPSA) is 83.0 Å². The van der Waals surface area contributed by atoms with E-state index in [9.17, 15) is 4.79 Å². The van der Waals surface area contributed by atoms with Crippen LogP contribution in [-0.4, -0.2) is 27.3 Å². The number of rotatable bonds is 3. The zero-order valence-electron chi connectivity index (χ0n) is 9.33. The highest BCUT2D eigenvalue weighted by molar-refractivity contribution is 5.82. The second-order valence-electron chi connectivity index (χ2n) is 3.55. The molecule has 0 bridgehead atoms. The Hall–Kier alpha value is -2.37. The number of carbonyl (C=O) groups is 1. The summed E-state index contributed by atoms with van der Waals surface area (Å²) < 4.78 is 6.47. The van der Waals surface area contributed by atoms with Crippen LogP contribution in [0.2, 0.25) is 0 Å². The Labute approximate surface area is 98.0 Å². The van der Waals surface area contributed by atoms with E-state index in [4.69, 9.17) is 10.5 Å². The molecule has 0 amide bonds. The zero-order chi connectivity index (χ0) is 12.3. The molecule has 0 aliphatic carbocycles. The number of nitrogen functional groups attached to an aromatic ring is 1. The van der Waals surface area contributed by atoms with Crippen LogP contribution < -0.4 is 10.5 Å². The van der Waals surface area contributed by atoms with E-state index >= 15 is 0 Å². The van der Waals surface area contributed by atoms with Crippen molar-refractivity contribution < 1.29 is 9.53 Å². The monoisotopic (exact) mass is 232 g/mol. The van der Waals surface area contributed by atoms with Gasteiger partial charge in [-0.25, -0.2) is 4.57 Å². The van der Waals surface area contributed by atoms with Gasteiger partial charge in [0.1, 0.15) is 12.1 Å². The van der Waals surface area contributed by atoms with Crippen molar-refractivity contribution >= 4 is 11.9 Å². The van der Waals surface area contributed by atoms with E-state index < -0.39 is 0 Å². The minimum atomic E-state index is -0.312. The third-order valence-electron chi connectivity index (χ3n) is 2.23. The van der Waals surface area contributed by atoms with Crippen LogP contribution in [0.1, 0.15) is 10.4 Å². The molecular weight excluding hydrogens is 220 g/mol. The van der Waals surface area contributed by atoms with E-state index in [1.807, 2.05) is 19.1 Å². The van der Waals surface area contributed by atoms with Crippen LogP contribution in [0.3, 0.4) is 0 Å². The number of hydrogen-bond donors (Lipinski definition) is 1. The molecule has 0 saturated heterocycles. The summed E-state index contributed by atoms with van der Waals surface area (Å²) in [6, 6.07) is 7.43. The van der Waals surface area contributed by atoms with Crippen LogP contribution in [0.15, 0.2) is 30.6 Å². The lowest BCUT2D eigenvalue weighted by atomic mass is 10.2. The lowest BCUT2D eigenvalue weighted by Gasteiger charge is -2.06. The number of benzene rings is 1. The normalized spacial score (nSPS) is 10.2. The zero-order valence-corrected chi connectivity index (χ0v) is 9.33. The molecular formula is C11H12N4O2. The minimum absolute atomic E-state index is 0.0579. The number of anilines is 1. The smallest absolute Gasteiger partial charge is 0.272 e. The summed E-state index contributed by atoms with van der Waals surface area (Å²) in [7, 11) is 0. The number of ether oxygens (including phenoxy) is 1. The van der Waals surface area contributed by atoms with Gasteiger partial charge < -0.3 is 10.5 Å². The molecule has 1 aromatic carbocycles. The summed E-state index contributed by atoms with van der Waals surface area (Å²) in [4.78, 5) is 11.6. The number of carbonyl (C=O) groups excluding carboxylic acids is 1. The summed E-state index contributed by atoms with van der Waals surface area (Å²) in [5.41, 5.74) is 6.57.